The third kappa shape index (κ3) is 4.24. The Bertz CT molecular complexity index is 885. The van der Waals surface area contributed by atoms with Gasteiger partial charge in [-0.2, -0.15) is 13.2 Å². The summed E-state index contributed by atoms with van der Waals surface area (Å²) in [6, 6.07) is 13.4. The Kier molecular flexibility index (Phi) is 6.27. The molecule has 3 nitrogen and oxygen atoms in total. The summed E-state index contributed by atoms with van der Waals surface area (Å²) in [5.41, 5.74) is 0.538. The summed E-state index contributed by atoms with van der Waals surface area (Å²) in [6.45, 7) is 5.56. The minimum atomic E-state index is -4.43. The van der Waals surface area contributed by atoms with Gasteiger partial charge in [0.25, 0.3) is 5.91 Å². The number of piperidine rings is 1. The maximum Gasteiger partial charge on any atom is 0.416 e. The van der Waals surface area contributed by atoms with Crippen LogP contribution >= 0.6 is 0 Å². The van der Waals surface area contributed by atoms with Crippen LogP contribution in [0.1, 0.15) is 47.3 Å². The highest BCUT2D eigenvalue weighted by Crippen LogP contribution is 2.40. The van der Waals surface area contributed by atoms with E-state index in [2.05, 4.69) is 11.8 Å². The molecule has 0 aromatic heterocycles. The summed E-state index contributed by atoms with van der Waals surface area (Å²) in [5.74, 6) is 0.129. The highest BCUT2D eigenvalue weighted by Gasteiger charge is 2.44. The smallest absolute Gasteiger partial charge is 0.331 e. The van der Waals surface area contributed by atoms with Crippen molar-refractivity contribution in [3.63, 3.8) is 0 Å². The molecule has 1 amide bonds. The third-order valence-corrected chi connectivity index (χ3v) is 6.14. The second-order valence-electron chi connectivity index (χ2n) is 8.49. The van der Waals surface area contributed by atoms with Gasteiger partial charge in [0.15, 0.2) is 0 Å². The summed E-state index contributed by atoms with van der Waals surface area (Å²) < 4.78 is 39.5. The van der Waals surface area contributed by atoms with Gasteiger partial charge in [0.2, 0.25) is 0 Å². The molecule has 1 aliphatic heterocycles. The molecule has 2 aromatic rings. The molecular formula is C24H29F3N2O. The Morgan fingerprint density at radius 1 is 1.20 bits per heavy atom. The quantitative estimate of drug-likeness (QED) is 0.681. The molecule has 162 valence electrons. The van der Waals surface area contributed by atoms with Gasteiger partial charge in [-0.25, -0.2) is 0 Å². The Balaban J connectivity index is 2.05. The number of nitrogens with zero attached hydrogens (tertiary/aromatic N) is 2. The maximum atomic E-state index is 13.6. The second-order valence-corrected chi connectivity index (χ2v) is 8.49. The van der Waals surface area contributed by atoms with E-state index in [4.69, 9.17) is 0 Å². The molecule has 0 N–H and O–H groups in total. The van der Waals surface area contributed by atoms with E-state index in [9.17, 15) is 18.0 Å². The number of benzene rings is 2. The second kappa shape index (κ2) is 8.42. The number of amides is 1. The van der Waals surface area contributed by atoms with E-state index < -0.39 is 17.3 Å². The van der Waals surface area contributed by atoms with Crippen molar-refractivity contribution in [2.24, 2.45) is 5.92 Å². The van der Waals surface area contributed by atoms with E-state index in [0.717, 1.165) is 30.7 Å². The maximum absolute atomic E-state index is 13.6. The van der Waals surface area contributed by atoms with Crippen molar-refractivity contribution in [2.75, 3.05) is 27.2 Å². The molecule has 30 heavy (non-hydrogen) atoms. The molecule has 2 aromatic carbocycles. The number of aryl methyl sites for hydroxylation is 1. The fraction of sp³-hybridized carbons (Fsp3) is 0.458. The Hall–Kier alpha value is -2.34. The van der Waals surface area contributed by atoms with Crippen LogP contribution in [0.15, 0.2) is 48.5 Å². The van der Waals surface area contributed by atoms with Crippen LogP contribution in [0.25, 0.3) is 0 Å². The minimum absolute atomic E-state index is 0.244. The molecule has 0 spiro atoms. The first-order valence-electron chi connectivity index (χ1n) is 10.3. The van der Waals surface area contributed by atoms with Crippen molar-refractivity contribution >= 4 is 5.91 Å². The lowest BCUT2D eigenvalue weighted by Gasteiger charge is -2.50. The fourth-order valence-electron chi connectivity index (χ4n) is 4.79. The van der Waals surface area contributed by atoms with Crippen LogP contribution < -0.4 is 0 Å². The highest BCUT2D eigenvalue weighted by molar-refractivity contribution is 5.96. The molecule has 1 aliphatic rings. The van der Waals surface area contributed by atoms with E-state index in [1.807, 2.05) is 37.4 Å². The predicted molar refractivity (Wildman–Crippen MR) is 112 cm³/mol. The first-order valence-corrected chi connectivity index (χ1v) is 10.3. The number of halogens is 3. The van der Waals surface area contributed by atoms with Gasteiger partial charge in [0.05, 0.1) is 11.1 Å². The summed E-state index contributed by atoms with van der Waals surface area (Å²) in [6.07, 6.45) is -3.27. The number of alkyl halides is 3. The fourth-order valence-corrected chi connectivity index (χ4v) is 4.79. The first kappa shape index (κ1) is 22.3. The first-order chi connectivity index (χ1) is 14.1. The van der Waals surface area contributed by atoms with Gasteiger partial charge in [-0.05, 0) is 55.1 Å². The number of carbonyl (C=O) groups excluding carboxylic acids is 1. The van der Waals surface area contributed by atoms with Crippen LogP contribution in [0.5, 0.6) is 0 Å². The van der Waals surface area contributed by atoms with E-state index in [1.165, 1.54) is 6.07 Å². The normalized spacial score (nSPS) is 22.7. The summed E-state index contributed by atoms with van der Waals surface area (Å²) in [4.78, 5) is 17.6. The molecule has 0 radical (unpaired) electrons. The number of likely N-dealkylation sites (tertiary alicyclic amines) is 1. The molecule has 0 unspecified atom stereocenters. The van der Waals surface area contributed by atoms with Crippen LogP contribution in [-0.4, -0.2) is 42.9 Å². The zero-order chi connectivity index (χ0) is 22.1. The minimum Gasteiger partial charge on any atom is -0.331 e. The van der Waals surface area contributed by atoms with E-state index in [1.54, 1.807) is 18.9 Å². The van der Waals surface area contributed by atoms with E-state index in [-0.39, 0.29) is 5.91 Å². The van der Waals surface area contributed by atoms with Crippen LogP contribution in [0, 0.1) is 5.92 Å². The predicted octanol–water partition coefficient (Wildman–Crippen LogP) is 5.21. The standard InChI is InChI=1S/C24H29F3N2O/c1-5-18-13-20(24(25,26)27)11-12-21(18)22(30)29(4)23(19-9-7-6-8-10-19)14-17(2)15-28(3)16-23/h6-13,17H,5,14-16H2,1-4H3/t17-,23-/m0/s1. The third-order valence-electron chi connectivity index (χ3n) is 6.14. The number of rotatable bonds is 4. The zero-order valence-corrected chi connectivity index (χ0v) is 18.0. The topological polar surface area (TPSA) is 23.6 Å². The molecule has 1 saturated heterocycles. The van der Waals surface area contributed by atoms with Gasteiger partial charge in [-0.15, -0.1) is 0 Å². The summed E-state index contributed by atoms with van der Waals surface area (Å²) >= 11 is 0. The monoisotopic (exact) mass is 418 g/mol. The summed E-state index contributed by atoms with van der Waals surface area (Å²) in [5, 5.41) is 0. The average Bonchev–Trinajstić information content (AvgIpc) is 2.71. The Morgan fingerprint density at radius 2 is 1.87 bits per heavy atom. The van der Waals surface area contributed by atoms with Crippen LogP contribution in [0.4, 0.5) is 13.2 Å². The van der Waals surface area contributed by atoms with Crippen molar-refractivity contribution in [1.82, 2.24) is 9.80 Å². The van der Waals surface area contributed by atoms with E-state index in [0.29, 0.717) is 30.0 Å². The Labute approximate surface area is 176 Å². The van der Waals surface area contributed by atoms with Crippen molar-refractivity contribution in [1.29, 1.82) is 0 Å². The van der Waals surface area contributed by atoms with Crippen LogP contribution in [-0.2, 0) is 18.1 Å². The Morgan fingerprint density at radius 3 is 2.43 bits per heavy atom. The lowest BCUT2D eigenvalue weighted by atomic mass is 9.76. The van der Waals surface area contributed by atoms with Gasteiger partial charge in [0, 0.05) is 25.7 Å². The molecule has 0 aliphatic carbocycles. The van der Waals surface area contributed by atoms with Crippen LogP contribution in [0.3, 0.4) is 0 Å². The lowest BCUT2D eigenvalue weighted by Crippen LogP contribution is -2.58. The summed E-state index contributed by atoms with van der Waals surface area (Å²) in [7, 11) is 3.82. The van der Waals surface area contributed by atoms with Crippen molar-refractivity contribution < 1.29 is 18.0 Å². The zero-order valence-electron chi connectivity index (χ0n) is 18.0. The average molecular weight is 419 g/mol. The lowest BCUT2D eigenvalue weighted by molar-refractivity contribution is -0.137. The van der Waals surface area contributed by atoms with Gasteiger partial charge < -0.3 is 9.80 Å². The molecule has 0 bridgehead atoms. The highest BCUT2D eigenvalue weighted by atomic mass is 19.4. The number of hydrogen-bond donors (Lipinski definition) is 0. The molecule has 0 saturated carbocycles. The number of likely N-dealkylation sites (N-methyl/N-ethyl adjacent to an activating group) is 2. The van der Waals surface area contributed by atoms with Gasteiger partial charge in [-0.3, -0.25) is 4.79 Å². The molecule has 1 heterocycles. The number of carbonyl (C=O) groups is 1. The number of hydrogen-bond acceptors (Lipinski definition) is 2. The van der Waals surface area contributed by atoms with Crippen molar-refractivity contribution in [2.45, 2.75) is 38.4 Å². The van der Waals surface area contributed by atoms with Gasteiger partial charge in [-0.1, -0.05) is 44.2 Å². The van der Waals surface area contributed by atoms with Crippen molar-refractivity contribution in [3.8, 4) is 0 Å². The molecule has 6 heteroatoms. The molecule has 1 fully saturated rings. The van der Waals surface area contributed by atoms with Crippen LogP contribution in [0.2, 0.25) is 0 Å². The SMILES string of the molecule is CCc1cc(C(F)(F)F)ccc1C(=O)N(C)[C@@]1(c2ccccc2)C[C@H](C)CN(C)C1. The van der Waals surface area contributed by atoms with Gasteiger partial charge >= 0.3 is 6.18 Å². The van der Waals surface area contributed by atoms with Gasteiger partial charge in [0.1, 0.15) is 0 Å². The molecular weight excluding hydrogens is 389 g/mol. The largest absolute Gasteiger partial charge is 0.416 e. The molecule has 3 rings (SSSR count). The van der Waals surface area contributed by atoms with E-state index >= 15 is 0 Å². The molecule has 2 atom stereocenters. The van der Waals surface area contributed by atoms with Crippen molar-refractivity contribution in [3.05, 3.63) is 70.8 Å².